The summed E-state index contributed by atoms with van der Waals surface area (Å²) in [5, 5.41) is 3.32. The fourth-order valence-corrected chi connectivity index (χ4v) is 3.75. The fraction of sp³-hybridized carbons (Fsp3) is 0.714. The molecule has 1 aromatic heterocycles. The third-order valence-electron chi connectivity index (χ3n) is 3.66. The number of rotatable bonds is 8. The average Bonchev–Trinajstić information content (AvgIpc) is 3.16. The van der Waals surface area contributed by atoms with E-state index in [9.17, 15) is 8.42 Å². The Balaban J connectivity index is 2.09. The van der Waals surface area contributed by atoms with Gasteiger partial charge in [-0.3, -0.25) is 0 Å². The minimum absolute atomic E-state index is 0.0256. The van der Waals surface area contributed by atoms with Gasteiger partial charge in [0.15, 0.2) is 0 Å². The van der Waals surface area contributed by atoms with Crippen LogP contribution < -0.4 is 10.0 Å². The first-order valence-electron chi connectivity index (χ1n) is 7.31. The minimum atomic E-state index is -3.49. The Morgan fingerprint density at radius 3 is 2.55 bits per heavy atom. The van der Waals surface area contributed by atoms with E-state index in [1.54, 1.807) is 13.0 Å². The summed E-state index contributed by atoms with van der Waals surface area (Å²) in [5.41, 5.74) is 0. The van der Waals surface area contributed by atoms with Gasteiger partial charge in [-0.2, -0.15) is 0 Å². The van der Waals surface area contributed by atoms with Crippen LogP contribution in [-0.4, -0.2) is 20.5 Å². The van der Waals surface area contributed by atoms with Crippen molar-refractivity contribution in [3.63, 3.8) is 0 Å². The van der Waals surface area contributed by atoms with Gasteiger partial charge in [-0.15, -0.1) is 0 Å². The molecule has 1 aliphatic rings. The van der Waals surface area contributed by atoms with E-state index in [0.29, 0.717) is 24.1 Å². The van der Waals surface area contributed by atoms with Crippen molar-refractivity contribution in [2.45, 2.75) is 70.0 Å². The summed E-state index contributed by atoms with van der Waals surface area (Å²) in [6, 6.07) is 2.18. The van der Waals surface area contributed by atoms with E-state index in [-0.39, 0.29) is 10.9 Å². The Kier molecular flexibility index (Phi) is 4.88. The molecule has 0 unspecified atom stereocenters. The second kappa shape index (κ2) is 6.28. The minimum Gasteiger partial charge on any atom is -0.464 e. The molecule has 0 aliphatic heterocycles. The fourth-order valence-electron chi connectivity index (χ4n) is 2.15. The van der Waals surface area contributed by atoms with Crippen LogP contribution in [0.15, 0.2) is 15.4 Å². The van der Waals surface area contributed by atoms with Crippen LogP contribution in [0.3, 0.4) is 0 Å². The van der Waals surface area contributed by atoms with Crippen molar-refractivity contribution in [2.24, 2.45) is 0 Å². The van der Waals surface area contributed by atoms with E-state index < -0.39 is 10.0 Å². The van der Waals surface area contributed by atoms with Crippen molar-refractivity contribution in [1.29, 1.82) is 0 Å². The lowest BCUT2D eigenvalue weighted by Crippen LogP contribution is -2.33. The van der Waals surface area contributed by atoms with Crippen molar-refractivity contribution in [3.05, 3.63) is 17.6 Å². The molecule has 2 N–H and O–H groups in total. The number of furan rings is 1. The van der Waals surface area contributed by atoms with Gasteiger partial charge in [0.25, 0.3) is 0 Å². The molecule has 0 atom stereocenters. The van der Waals surface area contributed by atoms with Crippen LogP contribution in [0.25, 0.3) is 0 Å². The van der Waals surface area contributed by atoms with Gasteiger partial charge in [0.1, 0.15) is 16.4 Å². The molecule has 0 bridgehead atoms. The molecular weight excluding hydrogens is 276 g/mol. The Morgan fingerprint density at radius 1 is 1.35 bits per heavy atom. The van der Waals surface area contributed by atoms with Crippen molar-refractivity contribution >= 4 is 10.0 Å². The normalized spacial score (nSPS) is 16.0. The lowest BCUT2D eigenvalue weighted by atomic mass is 10.2. The van der Waals surface area contributed by atoms with Gasteiger partial charge >= 0.3 is 0 Å². The van der Waals surface area contributed by atoms with Crippen molar-refractivity contribution in [2.75, 3.05) is 0 Å². The molecule has 0 amide bonds. The smallest absolute Gasteiger partial charge is 0.244 e. The third-order valence-corrected chi connectivity index (χ3v) is 5.29. The molecule has 0 aromatic carbocycles. The van der Waals surface area contributed by atoms with Gasteiger partial charge in [-0.25, -0.2) is 13.1 Å². The summed E-state index contributed by atoms with van der Waals surface area (Å²) in [6.07, 6.45) is 3.95. The molecule has 1 aromatic rings. The van der Waals surface area contributed by atoms with Gasteiger partial charge < -0.3 is 9.73 Å². The summed E-state index contributed by atoms with van der Waals surface area (Å²) < 4.78 is 33.0. The van der Waals surface area contributed by atoms with Crippen LogP contribution in [0.2, 0.25) is 0 Å². The summed E-state index contributed by atoms with van der Waals surface area (Å²) in [7, 11) is -3.49. The summed E-state index contributed by atoms with van der Waals surface area (Å²) in [6.45, 7) is 6.24. The first-order valence-corrected chi connectivity index (χ1v) is 8.79. The highest BCUT2D eigenvalue weighted by molar-refractivity contribution is 7.89. The summed E-state index contributed by atoms with van der Waals surface area (Å²) in [4.78, 5) is 0.261. The maximum absolute atomic E-state index is 12.4. The number of hydrogen-bond donors (Lipinski definition) is 2. The zero-order valence-electron chi connectivity index (χ0n) is 12.4. The largest absolute Gasteiger partial charge is 0.464 e. The SMILES string of the molecule is CCC(CC)NS(=O)(=O)c1cc(CNC2CC2)oc1C. The van der Waals surface area contributed by atoms with Crippen LogP contribution >= 0.6 is 0 Å². The lowest BCUT2D eigenvalue weighted by molar-refractivity contribution is 0.455. The second-order valence-corrected chi connectivity index (χ2v) is 7.11. The van der Waals surface area contributed by atoms with E-state index in [2.05, 4.69) is 10.0 Å². The molecule has 6 heteroatoms. The predicted octanol–water partition coefficient (Wildman–Crippen LogP) is 2.31. The number of nitrogens with one attached hydrogen (secondary N) is 2. The van der Waals surface area contributed by atoms with E-state index in [1.165, 1.54) is 12.8 Å². The van der Waals surface area contributed by atoms with Crippen molar-refractivity contribution in [3.8, 4) is 0 Å². The molecule has 1 heterocycles. The molecule has 20 heavy (non-hydrogen) atoms. The Bertz CT molecular complexity index is 543. The maximum atomic E-state index is 12.4. The van der Waals surface area contributed by atoms with E-state index in [4.69, 9.17) is 4.42 Å². The van der Waals surface area contributed by atoms with E-state index in [1.807, 2.05) is 13.8 Å². The van der Waals surface area contributed by atoms with E-state index in [0.717, 1.165) is 12.8 Å². The summed E-state index contributed by atoms with van der Waals surface area (Å²) in [5.74, 6) is 1.13. The molecule has 0 saturated heterocycles. The first-order chi connectivity index (χ1) is 9.46. The van der Waals surface area contributed by atoms with Gasteiger partial charge in [-0.05, 0) is 32.6 Å². The molecule has 0 radical (unpaired) electrons. The molecule has 1 aliphatic carbocycles. The number of hydrogen-bond acceptors (Lipinski definition) is 4. The third kappa shape index (κ3) is 3.84. The Labute approximate surface area is 121 Å². The van der Waals surface area contributed by atoms with Gasteiger partial charge in [0, 0.05) is 18.2 Å². The van der Waals surface area contributed by atoms with Crippen molar-refractivity contribution in [1.82, 2.24) is 10.0 Å². The molecule has 5 nitrogen and oxygen atoms in total. The molecule has 1 fully saturated rings. The van der Waals surface area contributed by atoms with Crippen LogP contribution in [0, 0.1) is 6.92 Å². The molecule has 0 spiro atoms. The van der Waals surface area contributed by atoms with Gasteiger partial charge in [0.05, 0.1) is 6.54 Å². The highest BCUT2D eigenvalue weighted by Crippen LogP contribution is 2.23. The van der Waals surface area contributed by atoms with Crippen LogP contribution in [0.1, 0.15) is 51.1 Å². The van der Waals surface area contributed by atoms with Crippen LogP contribution in [0.5, 0.6) is 0 Å². The zero-order chi connectivity index (χ0) is 14.8. The first kappa shape index (κ1) is 15.5. The predicted molar refractivity (Wildman–Crippen MR) is 78.0 cm³/mol. The highest BCUT2D eigenvalue weighted by Gasteiger charge is 2.25. The number of aryl methyl sites for hydroxylation is 1. The van der Waals surface area contributed by atoms with Crippen molar-refractivity contribution < 1.29 is 12.8 Å². The monoisotopic (exact) mass is 300 g/mol. The number of sulfonamides is 1. The van der Waals surface area contributed by atoms with Gasteiger partial charge in [0.2, 0.25) is 10.0 Å². The standard InChI is InChI=1S/C14H24N2O3S/c1-4-11(5-2)16-20(17,18)14-8-13(19-10(14)3)9-15-12-6-7-12/h8,11-12,15-16H,4-7,9H2,1-3H3. The average molecular weight is 300 g/mol. The topological polar surface area (TPSA) is 71.3 Å². The molecular formula is C14H24N2O3S. The van der Waals surface area contributed by atoms with Crippen LogP contribution in [-0.2, 0) is 16.6 Å². The van der Waals surface area contributed by atoms with E-state index >= 15 is 0 Å². The zero-order valence-corrected chi connectivity index (χ0v) is 13.2. The molecule has 1 saturated carbocycles. The Hall–Kier alpha value is -0.850. The van der Waals surface area contributed by atoms with Crippen LogP contribution in [0.4, 0.5) is 0 Å². The highest BCUT2D eigenvalue weighted by atomic mass is 32.2. The Morgan fingerprint density at radius 2 is 2.00 bits per heavy atom. The second-order valence-electron chi connectivity index (χ2n) is 5.42. The lowest BCUT2D eigenvalue weighted by Gasteiger charge is -2.14. The molecule has 114 valence electrons. The quantitative estimate of drug-likeness (QED) is 0.773. The summed E-state index contributed by atoms with van der Waals surface area (Å²) >= 11 is 0. The maximum Gasteiger partial charge on any atom is 0.244 e. The van der Waals surface area contributed by atoms with Gasteiger partial charge in [-0.1, -0.05) is 13.8 Å². The molecule has 2 rings (SSSR count).